The summed E-state index contributed by atoms with van der Waals surface area (Å²) < 4.78 is 0. The van der Waals surface area contributed by atoms with Gasteiger partial charge in [0.05, 0.1) is 6.04 Å². The normalized spacial score (nSPS) is 13.7. The van der Waals surface area contributed by atoms with Gasteiger partial charge in [0.15, 0.2) is 0 Å². The zero-order valence-electron chi connectivity index (χ0n) is 11.8. The Morgan fingerprint density at radius 1 is 1.16 bits per heavy atom. The van der Waals surface area contributed by atoms with Gasteiger partial charge < -0.3 is 10.4 Å². The third-order valence-corrected chi connectivity index (χ3v) is 2.42. The molecule has 0 saturated carbocycles. The Balaban J connectivity index is 4.38. The van der Waals surface area contributed by atoms with E-state index in [1.54, 1.807) is 6.92 Å². The number of carboxylic acid groups (broad SMARTS) is 1. The van der Waals surface area contributed by atoms with Crippen LogP contribution in [0.2, 0.25) is 0 Å². The lowest BCUT2D eigenvalue weighted by Crippen LogP contribution is -2.52. The van der Waals surface area contributed by atoms with Gasteiger partial charge in [-0.3, -0.25) is 20.2 Å². The van der Waals surface area contributed by atoms with Crippen LogP contribution in [0.3, 0.4) is 0 Å². The van der Waals surface area contributed by atoms with Crippen LogP contribution in [0.25, 0.3) is 0 Å². The average Bonchev–Trinajstić information content (AvgIpc) is 2.27. The molecule has 0 bridgehead atoms. The number of nitrogens with one attached hydrogen (secondary N) is 3. The molecule has 0 heterocycles. The first-order valence-electron chi connectivity index (χ1n) is 6.35. The summed E-state index contributed by atoms with van der Waals surface area (Å²) in [5.74, 6) is -1.38. The Bertz CT molecular complexity index is 331. The number of amides is 3. The summed E-state index contributed by atoms with van der Waals surface area (Å²) in [6, 6.07) is -2.16. The number of carbonyl (C=O) groups excluding carboxylic acids is 2. The maximum atomic E-state index is 11.6. The maximum Gasteiger partial charge on any atom is 0.321 e. The summed E-state index contributed by atoms with van der Waals surface area (Å²) in [5.41, 5.74) is 0. The molecule has 19 heavy (non-hydrogen) atoms. The quantitative estimate of drug-likeness (QED) is 0.534. The zero-order chi connectivity index (χ0) is 15.0. The van der Waals surface area contributed by atoms with Crippen molar-refractivity contribution in [2.45, 2.75) is 46.2 Å². The van der Waals surface area contributed by atoms with E-state index in [9.17, 15) is 14.4 Å². The van der Waals surface area contributed by atoms with E-state index in [4.69, 9.17) is 5.11 Å². The van der Waals surface area contributed by atoms with Crippen molar-refractivity contribution in [1.29, 1.82) is 0 Å². The molecule has 0 saturated heterocycles. The van der Waals surface area contributed by atoms with E-state index in [2.05, 4.69) is 16.0 Å². The van der Waals surface area contributed by atoms with Crippen LogP contribution < -0.4 is 16.0 Å². The first kappa shape index (κ1) is 17.4. The van der Waals surface area contributed by atoms with Gasteiger partial charge >= 0.3 is 12.0 Å². The molecule has 7 heteroatoms. The topological polar surface area (TPSA) is 108 Å². The Morgan fingerprint density at radius 2 is 1.74 bits per heavy atom. The van der Waals surface area contributed by atoms with Crippen LogP contribution in [0.5, 0.6) is 0 Å². The molecular weight excluding hydrogens is 250 g/mol. The van der Waals surface area contributed by atoms with Gasteiger partial charge in [-0.15, -0.1) is 0 Å². The lowest BCUT2D eigenvalue weighted by Gasteiger charge is -2.20. The zero-order valence-corrected chi connectivity index (χ0v) is 11.8. The second-order valence-corrected chi connectivity index (χ2v) is 4.76. The van der Waals surface area contributed by atoms with Crippen molar-refractivity contribution in [2.75, 3.05) is 6.54 Å². The second-order valence-electron chi connectivity index (χ2n) is 4.76. The van der Waals surface area contributed by atoms with Crippen LogP contribution in [0.1, 0.15) is 34.1 Å². The van der Waals surface area contributed by atoms with Crippen molar-refractivity contribution < 1.29 is 19.5 Å². The number of hydrogen-bond donors (Lipinski definition) is 4. The third kappa shape index (κ3) is 7.40. The van der Waals surface area contributed by atoms with E-state index in [0.29, 0.717) is 13.0 Å². The number of carboxylic acids is 1. The number of carbonyl (C=O) groups is 3. The van der Waals surface area contributed by atoms with Crippen LogP contribution >= 0.6 is 0 Å². The fourth-order valence-corrected chi connectivity index (χ4v) is 1.51. The molecule has 0 radical (unpaired) electrons. The molecule has 4 N–H and O–H groups in total. The smallest absolute Gasteiger partial charge is 0.321 e. The van der Waals surface area contributed by atoms with Crippen molar-refractivity contribution in [1.82, 2.24) is 16.0 Å². The standard InChI is InChI=1S/C12H23N3O4/c1-5-13-12(19)15-10(16)8(4)14-9(11(17)18)6-7(2)3/h7-9,14H,5-6H2,1-4H3,(H,17,18)(H2,13,15,16,19). The first-order valence-corrected chi connectivity index (χ1v) is 6.35. The molecule has 2 atom stereocenters. The van der Waals surface area contributed by atoms with Crippen LogP contribution in [0.4, 0.5) is 4.79 Å². The van der Waals surface area contributed by atoms with Crippen molar-refractivity contribution >= 4 is 17.9 Å². The lowest BCUT2D eigenvalue weighted by molar-refractivity contribution is -0.140. The molecule has 110 valence electrons. The fraction of sp³-hybridized carbons (Fsp3) is 0.750. The average molecular weight is 273 g/mol. The van der Waals surface area contributed by atoms with E-state index in [1.165, 1.54) is 6.92 Å². The molecule has 0 aliphatic rings. The van der Waals surface area contributed by atoms with Crippen LogP contribution in [0.15, 0.2) is 0 Å². The number of imide groups is 1. The van der Waals surface area contributed by atoms with E-state index >= 15 is 0 Å². The minimum Gasteiger partial charge on any atom is -0.480 e. The van der Waals surface area contributed by atoms with Gasteiger partial charge in [0.25, 0.3) is 0 Å². The summed E-state index contributed by atoms with van der Waals surface area (Å²) in [5, 5.41) is 16.3. The molecule has 7 nitrogen and oxygen atoms in total. The molecule has 3 amide bonds. The van der Waals surface area contributed by atoms with Crippen molar-refractivity contribution in [2.24, 2.45) is 5.92 Å². The molecule has 0 aromatic rings. The van der Waals surface area contributed by atoms with Crippen LogP contribution in [-0.4, -0.2) is 41.6 Å². The molecule has 2 unspecified atom stereocenters. The monoisotopic (exact) mass is 273 g/mol. The van der Waals surface area contributed by atoms with Crippen molar-refractivity contribution in [3.63, 3.8) is 0 Å². The highest BCUT2D eigenvalue weighted by Crippen LogP contribution is 2.05. The van der Waals surface area contributed by atoms with E-state index in [0.717, 1.165) is 0 Å². The van der Waals surface area contributed by atoms with E-state index < -0.39 is 30.0 Å². The van der Waals surface area contributed by atoms with Crippen molar-refractivity contribution in [3.8, 4) is 0 Å². The van der Waals surface area contributed by atoms with E-state index in [-0.39, 0.29) is 5.92 Å². The number of hydrogen-bond acceptors (Lipinski definition) is 4. The summed E-state index contributed by atoms with van der Waals surface area (Å²) in [4.78, 5) is 33.9. The molecular formula is C12H23N3O4. The predicted octanol–water partition coefficient (Wildman–Crippen LogP) is 0.310. The molecule has 0 spiro atoms. The van der Waals surface area contributed by atoms with Gasteiger partial charge in [0.2, 0.25) is 5.91 Å². The SMILES string of the molecule is CCNC(=O)NC(=O)C(C)NC(CC(C)C)C(=O)O. The van der Waals surface area contributed by atoms with Gasteiger partial charge in [0.1, 0.15) is 6.04 Å². The highest BCUT2D eigenvalue weighted by Gasteiger charge is 2.24. The lowest BCUT2D eigenvalue weighted by atomic mass is 10.0. The van der Waals surface area contributed by atoms with Crippen molar-refractivity contribution in [3.05, 3.63) is 0 Å². The van der Waals surface area contributed by atoms with Gasteiger partial charge in [0, 0.05) is 6.54 Å². The maximum absolute atomic E-state index is 11.6. The van der Waals surface area contributed by atoms with Gasteiger partial charge in [-0.2, -0.15) is 0 Å². The highest BCUT2D eigenvalue weighted by molar-refractivity contribution is 5.97. The minimum absolute atomic E-state index is 0.187. The Labute approximate surface area is 113 Å². The number of rotatable bonds is 7. The third-order valence-electron chi connectivity index (χ3n) is 2.42. The Hall–Kier alpha value is -1.63. The van der Waals surface area contributed by atoms with Crippen LogP contribution in [0, 0.1) is 5.92 Å². The van der Waals surface area contributed by atoms with Gasteiger partial charge in [-0.25, -0.2) is 4.79 Å². The molecule has 0 aliphatic heterocycles. The highest BCUT2D eigenvalue weighted by atomic mass is 16.4. The molecule has 0 aliphatic carbocycles. The van der Waals surface area contributed by atoms with E-state index in [1.807, 2.05) is 13.8 Å². The minimum atomic E-state index is -1.01. The van der Waals surface area contributed by atoms with Crippen LogP contribution in [-0.2, 0) is 9.59 Å². The summed E-state index contributed by atoms with van der Waals surface area (Å²) in [6.45, 7) is 7.46. The van der Waals surface area contributed by atoms with Gasteiger partial charge in [-0.05, 0) is 26.2 Å². The fourth-order valence-electron chi connectivity index (χ4n) is 1.51. The second kappa shape index (κ2) is 8.47. The summed E-state index contributed by atoms with van der Waals surface area (Å²) in [7, 11) is 0. The Morgan fingerprint density at radius 3 is 2.16 bits per heavy atom. The predicted molar refractivity (Wildman–Crippen MR) is 70.7 cm³/mol. The molecule has 0 aromatic heterocycles. The number of aliphatic carboxylic acids is 1. The summed E-state index contributed by atoms with van der Waals surface area (Å²) >= 11 is 0. The molecule has 0 rings (SSSR count). The molecule has 0 aromatic carbocycles. The largest absolute Gasteiger partial charge is 0.480 e. The first-order chi connectivity index (χ1) is 8.77. The number of urea groups is 1. The van der Waals surface area contributed by atoms with Gasteiger partial charge in [-0.1, -0.05) is 13.8 Å². The summed E-state index contributed by atoms with van der Waals surface area (Å²) in [6.07, 6.45) is 0.411. The Kier molecular flexibility index (Phi) is 7.74. The molecule has 0 fully saturated rings.